The van der Waals surface area contributed by atoms with Gasteiger partial charge in [0.1, 0.15) is 6.54 Å². The predicted octanol–water partition coefficient (Wildman–Crippen LogP) is 3.79. The Hall–Kier alpha value is -3.13. The molecule has 0 spiro atoms. The molecule has 0 atom stereocenters. The van der Waals surface area contributed by atoms with Crippen LogP contribution in [-0.4, -0.2) is 46.9 Å². The van der Waals surface area contributed by atoms with E-state index in [2.05, 4.69) is 5.32 Å². The molecule has 0 unspecified atom stereocenters. The summed E-state index contributed by atoms with van der Waals surface area (Å²) in [5, 5.41) is 4.03. The first kappa shape index (κ1) is 21.7. The second-order valence-corrected chi connectivity index (χ2v) is 9.35. The first-order chi connectivity index (χ1) is 16.2. The zero-order valence-electron chi connectivity index (χ0n) is 18.4. The fraction of sp³-hybridized carbons (Fsp3) is 0.360. The molecule has 0 saturated carbocycles. The summed E-state index contributed by atoms with van der Waals surface area (Å²) in [6.45, 7) is 2.70. The van der Waals surface area contributed by atoms with Crippen molar-refractivity contribution >= 4 is 34.5 Å². The molecule has 1 N–H and O–H groups in total. The van der Waals surface area contributed by atoms with Crippen molar-refractivity contribution in [2.45, 2.75) is 37.2 Å². The Kier molecular flexibility index (Phi) is 6.44. The average molecular weight is 466 g/mol. The Balaban J connectivity index is 1.20. The first-order valence-corrected chi connectivity index (χ1v) is 12.3. The molecule has 172 valence electrons. The minimum Gasteiger partial charge on any atom is -0.454 e. The molecule has 0 aliphatic carbocycles. The lowest BCUT2D eigenvalue weighted by atomic mass is 10.1. The molecule has 0 bridgehead atoms. The van der Waals surface area contributed by atoms with E-state index in [1.54, 1.807) is 0 Å². The van der Waals surface area contributed by atoms with E-state index >= 15 is 0 Å². The summed E-state index contributed by atoms with van der Waals surface area (Å²) in [5.41, 5.74) is 1.98. The third-order valence-corrected chi connectivity index (χ3v) is 7.09. The molecule has 8 heteroatoms. The Bertz CT molecular complexity index is 1170. The predicted molar refractivity (Wildman–Crippen MR) is 128 cm³/mol. The highest BCUT2D eigenvalue weighted by molar-refractivity contribution is 8.00. The number of nitrogens with one attached hydrogen (secondary N) is 1. The third-order valence-electron chi connectivity index (χ3n) is 6.05. The zero-order valence-corrected chi connectivity index (χ0v) is 19.2. The summed E-state index contributed by atoms with van der Waals surface area (Å²) >= 11 is 1.49. The van der Waals surface area contributed by atoms with Gasteiger partial charge in [0.05, 0.1) is 5.75 Å². The monoisotopic (exact) mass is 465 g/mol. The highest BCUT2D eigenvalue weighted by atomic mass is 32.2. The van der Waals surface area contributed by atoms with E-state index in [1.807, 2.05) is 58.1 Å². The van der Waals surface area contributed by atoms with Gasteiger partial charge in [0, 0.05) is 41.6 Å². The van der Waals surface area contributed by atoms with Crippen molar-refractivity contribution in [3.8, 4) is 11.5 Å². The van der Waals surface area contributed by atoms with Crippen LogP contribution in [0.5, 0.6) is 11.5 Å². The number of carbonyl (C=O) groups is 2. The van der Waals surface area contributed by atoms with E-state index in [0.29, 0.717) is 24.6 Å². The van der Waals surface area contributed by atoms with Crippen LogP contribution in [0.3, 0.4) is 0 Å². The molecule has 2 amide bonds. The van der Waals surface area contributed by atoms with Gasteiger partial charge in [0.15, 0.2) is 11.5 Å². The second kappa shape index (κ2) is 9.79. The van der Waals surface area contributed by atoms with Crippen molar-refractivity contribution in [3.63, 3.8) is 0 Å². The lowest BCUT2D eigenvalue weighted by Crippen LogP contribution is -2.37. The van der Waals surface area contributed by atoms with Gasteiger partial charge in [-0.25, -0.2) is 0 Å². The van der Waals surface area contributed by atoms with Gasteiger partial charge in [-0.15, -0.1) is 11.8 Å². The number of amides is 2. The number of hydrogen-bond acceptors (Lipinski definition) is 5. The van der Waals surface area contributed by atoms with Crippen LogP contribution in [0, 0.1) is 0 Å². The maximum atomic E-state index is 12.8. The molecular weight excluding hydrogens is 438 g/mol. The van der Waals surface area contributed by atoms with E-state index in [4.69, 9.17) is 9.47 Å². The summed E-state index contributed by atoms with van der Waals surface area (Å²) in [5.74, 6) is 1.87. The zero-order chi connectivity index (χ0) is 22.6. The lowest BCUT2D eigenvalue weighted by Gasteiger charge is -2.27. The lowest BCUT2D eigenvalue weighted by molar-refractivity contribution is -0.132. The Morgan fingerprint density at radius 2 is 1.82 bits per heavy atom. The van der Waals surface area contributed by atoms with Gasteiger partial charge in [-0.3, -0.25) is 9.59 Å². The Morgan fingerprint density at radius 3 is 2.70 bits per heavy atom. The second-order valence-electron chi connectivity index (χ2n) is 8.33. The number of aromatic nitrogens is 1. The average Bonchev–Trinajstić information content (AvgIpc) is 3.46. The topological polar surface area (TPSA) is 72.8 Å². The van der Waals surface area contributed by atoms with E-state index in [0.717, 1.165) is 53.0 Å². The molecule has 33 heavy (non-hydrogen) atoms. The fourth-order valence-corrected chi connectivity index (χ4v) is 5.21. The van der Waals surface area contributed by atoms with Crippen molar-refractivity contribution in [3.05, 3.63) is 54.2 Å². The van der Waals surface area contributed by atoms with E-state index in [1.165, 1.54) is 18.2 Å². The van der Waals surface area contributed by atoms with Gasteiger partial charge in [0.2, 0.25) is 18.6 Å². The molecule has 5 rings (SSSR count). The van der Waals surface area contributed by atoms with E-state index < -0.39 is 0 Å². The number of benzene rings is 2. The fourth-order valence-electron chi connectivity index (χ4n) is 4.29. The van der Waals surface area contributed by atoms with Crippen LogP contribution in [0.1, 0.15) is 24.8 Å². The van der Waals surface area contributed by atoms with Crippen LogP contribution in [-0.2, 0) is 22.7 Å². The molecular formula is C25H27N3O4S. The van der Waals surface area contributed by atoms with Crippen LogP contribution >= 0.6 is 11.8 Å². The number of hydrogen-bond donors (Lipinski definition) is 1. The standard InChI is InChI=1S/C25H27N3O4S/c29-24(26-13-18-8-9-21-22(12-18)32-17-31-21)16-33-23-14-28(20-7-3-2-6-19(20)23)15-25(30)27-10-4-1-5-11-27/h2-3,6-9,12,14H,1,4-5,10-11,13,15-17H2,(H,26,29). The van der Waals surface area contributed by atoms with Crippen LogP contribution < -0.4 is 14.8 Å². The number of ether oxygens (including phenoxy) is 2. The molecule has 3 aromatic rings. The summed E-state index contributed by atoms with van der Waals surface area (Å²) < 4.78 is 12.7. The smallest absolute Gasteiger partial charge is 0.242 e. The highest BCUT2D eigenvalue weighted by Crippen LogP contribution is 2.33. The molecule has 2 aliphatic rings. The van der Waals surface area contributed by atoms with E-state index in [9.17, 15) is 9.59 Å². The van der Waals surface area contributed by atoms with Gasteiger partial charge in [-0.2, -0.15) is 0 Å². The molecule has 2 aromatic carbocycles. The summed E-state index contributed by atoms with van der Waals surface area (Å²) in [6.07, 6.45) is 5.37. The number of nitrogens with zero attached hydrogens (tertiary/aromatic N) is 2. The maximum absolute atomic E-state index is 12.8. The van der Waals surface area contributed by atoms with Crippen molar-refractivity contribution < 1.29 is 19.1 Å². The minimum absolute atomic E-state index is 0.0427. The summed E-state index contributed by atoms with van der Waals surface area (Å²) in [4.78, 5) is 28.3. The van der Waals surface area contributed by atoms with Crippen molar-refractivity contribution in [2.75, 3.05) is 25.6 Å². The molecule has 1 aromatic heterocycles. The van der Waals surface area contributed by atoms with E-state index in [-0.39, 0.29) is 18.6 Å². The molecule has 0 radical (unpaired) electrons. The SMILES string of the molecule is O=C(CSc1cn(CC(=O)N2CCCCC2)c2ccccc12)NCc1ccc2c(c1)OCO2. The summed E-state index contributed by atoms with van der Waals surface area (Å²) in [6, 6.07) is 13.7. The van der Waals surface area contributed by atoms with Gasteiger partial charge < -0.3 is 24.3 Å². The first-order valence-electron chi connectivity index (χ1n) is 11.3. The Labute approximate surface area is 197 Å². The molecule has 2 aliphatic heterocycles. The van der Waals surface area contributed by atoms with Crippen LogP contribution in [0.15, 0.2) is 53.6 Å². The quantitative estimate of drug-likeness (QED) is 0.538. The molecule has 3 heterocycles. The third kappa shape index (κ3) is 4.95. The van der Waals surface area contributed by atoms with Crippen LogP contribution in [0.25, 0.3) is 10.9 Å². The number of fused-ring (bicyclic) bond motifs is 2. The Morgan fingerprint density at radius 1 is 1.00 bits per heavy atom. The molecule has 1 fully saturated rings. The van der Waals surface area contributed by atoms with Crippen molar-refractivity contribution in [2.24, 2.45) is 0 Å². The molecule has 7 nitrogen and oxygen atoms in total. The normalized spacial score (nSPS) is 15.1. The van der Waals surface area contributed by atoms with Gasteiger partial charge >= 0.3 is 0 Å². The largest absolute Gasteiger partial charge is 0.454 e. The van der Waals surface area contributed by atoms with Crippen molar-refractivity contribution in [1.29, 1.82) is 0 Å². The number of thioether (sulfide) groups is 1. The number of rotatable bonds is 7. The summed E-state index contributed by atoms with van der Waals surface area (Å²) in [7, 11) is 0. The van der Waals surface area contributed by atoms with Gasteiger partial charge in [0.25, 0.3) is 0 Å². The number of piperidine rings is 1. The number of likely N-dealkylation sites (tertiary alicyclic amines) is 1. The van der Waals surface area contributed by atoms with Gasteiger partial charge in [-0.1, -0.05) is 24.3 Å². The van der Waals surface area contributed by atoms with Gasteiger partial charge in [-0.05, 0) is 43.0 Å². The van der Waals surface area contributed by atoms with Crippen molar-refractivity contribution in [1.82, 2.24) is 14.8 Å². The maximum Gasteiger partial charge on any atom is 0.242 e. The van der Waals surface area contributed by atoms with Crippen LogP contribution in [0.4, 0.5) is 0 Å². The molecule has 1 saturated heterocycles. The number of para-hydroxylation sites is 1. The van der Waals surface area contributed by atoms with Crippen LogP contribution in [0.2, 0.25) is 0 Å². The number of carbonyl (C=O) groups excluding carboxylic acids is 2. The minimum atomic E-state index is -0.0427. The highest BCUT2D eigenvalue weighted by Gasteiger charge is 2.19.